The normalized spacial score (nSPS) is 13.3. The molecule has 1 aliphatic heterocycles. The number of pyridine rings is 1. The number of aromatic nitrogens is 2. The number of rotatable bonds is 3. The minimum absolute atomic E-state index is 0.164. The van der Waals surface area contributed by atoms with Gasteiger partial charge in [-0.15, -0.1) is 10.2 Å². The van der Waals surface area contributed by atoms with E-state index in [0.29, 0.717) is 0 Å². The van der Waals surface area contributed by atoms with Crippen molar-refractivity contribution in [3.05, 3.63) is 81.9 Å². The average molecular weight is 395 g/mol. The van der Waals surface area contributed by atoms with Gasteiger partial charge in [0, 0.05) is 47.5 Å². The number of aryl methyl sites for hydroxylation is 1. The molecule has 6 heteroatoms. The number of azo groups is 1. The van der Waals surface area contributed by atoms with E-state index in [9.17, 15) is 5.11 Å². The van der Waals surface area contributed by atoms with E-state index in [1.165, 1.54) is 0 Å². The van der Waals surface area contributed by atoms with E-state index in [1.807, 2.05) is 80.7 Å². The average Bonchev–Trinajstić information content (AvgIpc) is 3.29. The molecule has 0 spiro atoms. The second kappa shape index (κ2) is 6.84. The maximum Gasteiger partial charge on any atom is 0.196 e. The number of aromatic amines is 1. The molecule has 30 heavy (non-hydrogen) atoms. The van der Waals surface area contributed by atoms with Crippen molar-refractivity contribution in [2.75, 3.05) is 19.0 Å². The van der Waals surface area contributed by atoms with E-state index in [-0.39, 0.29) is 5.88 Å². The molecule has 0 radical (unpaired) electrons. The number of benzene rings is 2. The van der Waals surface area contributed by atoms with Crippen LogP contribution in [0.4, 0.5) is 11.5 Å². The molecule has 0 unspecified atom stereocenters. The highest BCUT2D eigenvalue weighted by atomic mass is 16.3. The van der Waals surface area contributed by atoms with E-state index in [0.717, 1.165) is 55.2 Å². The second-order valence-corrected chi connectivity index (χ2v) is 7.71. The highest BCUT2D eigenvalue weighted by molar-refractivity contribution is 5.92. The molecular formula is C24H21N5O. The number of H-pyrrole nitrogens is 1. The lowest BCUT2D eigenvalue weighted by Crippen LogP contribution is -2.11. The molecule has 2 aromatic carbocycles. The lowest BCUT2D eigenvalue weighted by atomic mass is 10.1. The Morgan fingerprint density at radius 1 is 1.00 bits per heavy atom. The van der Waals surface area contributed by atoms with Crippen molar-refractivity contribution in [3.8, 4) is 5.88 Å². The van der Waals surface area contributed by atoms with Gasteiger partial charge in [0.25, 0.3) is 0 Å². The molecule has 2 aromatic heterocycles. The van der Waals surface area contributed by atoms with Crippen LogP contribution in [0.5, 0.6) is 5.88 Å². The summed E-state index contributed by atoms with van der Waals surface area (Å²) in [5, 5.41) is 22.1. The van der Waals surface area contributed by atoms with Crippen LogP contribution in [0.1, 0.15) is 16.7 Å². The second-order valence-electron chi connectivity index (χ2n) is 7.71. The predicted octanol–water partition coefficient (Wildman–Crippen LogP) is 3.73. The molecule has 4 aromatic rings. The van der Waals surface area contributed by atoms with Crippen molar-refractivity contribution < 1.29 is 5.11 Å². The van der Waals surface area contributed by atoms with Crippen molar-refractivity contribution in [1.82, 2.24) is 9.97 Å². The zero-order valence-corrected chi connectivity index (χ0v) is 17.0. The Hall–Kier alpha value is -3.93. The van der Waals surface area contributed by atoms with E-state index in [4.69, 9.17) is 0 Å². The van der Waals surface area contributed by atoms with Gasteiger partial charge in [-0.05, 0) is 54.6 Å². The van der Waals surface area contributed by atoms with Crippen molar-refractivity contribution in [2.24, 2.45) is 10.2 Å². The first-order valence-corrected chi connectivity index (χ1v) is 9.72. The highest BCUT2D eigenvalue weighted by Crippen LogP contribution is 2.29. The van der Waals surface area contributed by atoms with Gasteiger partial charge in [-0.25, -0.2) is 4.98 Å². The summed E-state index contributed by atoms with van der Waals surface area (Å²) in [5.74, 6) is 1.06. The molecule has 2 N–H and O–H groups in total. The number of hydrogen-bond donors (Lipinski definition) is 2. The van der Waals surface area contributed by atoms with Crippen LogP contribution in [0.2, 0.25) is 0 Å². The van der Waals surface area contributed by atoms with Crippen LogP contribution in [0.3, 0.4) is 0 Å². The van der Waals surface area contributed by atoms with Gasteiger partial charge in [0.05, 0.1) is 5.69 Å². The molecule has 5 rings (SSSR count). The van der Waals surface area contributed by atoms with E-state index in [1.54, 1.807) is 0 Å². The molecule has 0 amide bonds. The number of aromatic hydroxyl groups is 1. The monoisotopic (exact) mass is 395 g/mol. The first-order valence-electron chi connectivity index (χ1n) is 9.72. The summed E-state index contributed by atoms with van der Waals surface area (Å²) in [6.45, 7) is 2.04. The van der Waals surface area contributed by atoms with E-state index in [2.05, 4.69) is 26.3 Å². The summed E-state index contributed by atoms with van der Waals surface area (Å²) in [5.41, 5.74) is 5.40. The number of hydrogen-bond acceptors (Lipinski definition) is 5. The molecule has 0 saturated carbocycles. The first-order chi connectivity index (χ1) is 14.5. The molecule has 3 heterocycles. The standard InChI is InChI=1S/C24H21N5O/c1-14-4-8-20-18(10-14)19(24(30)26-20)11-15-5-7-17-21(12-15)27-28-23(17)16-6-9-22(25-13-16)29(2)3/h4-13,26,30H,1-3H3. The van der Waals surface area contributed by atoms with Gasteiger partial charge in [0.2, 0.25) is 0 Å². The Labute approximate surface area is 173 Å². The fraction of sp³-hybridized carbons (Fsp3) is 0.125. The summed E-state index contributed by atoms with van der Waals surface area (Å²) in [6, 6.07) is 16.1. The molecule has 6 nitrogen and oxygen atoms in total. The maximum atomic E-state index is 10.4. The maximum absolute atomic E-state index is 10.4. The molecule has 0 fully saturated rings. The number of nitrogens with one attached hydrogen (secondary N) is 1. The molecule has 0 saturated heterocycles. The minimum atomic E-state index is 0.164. The third-order valence-electron chi connectivity index (χ3n) is 5.30. The van der Waals surface area contributed by atoms with E-state index < -0.39 is 0 Å². The lowest BCUT2D eigenvalue weighted by Gasteiger charge is -2.10. The Morgan fingerprint density at radius 3 is 2.63 bits per heavy atom. The zero-order chi connectivity index (χ0) is 20.8. The Morgan fingerprint density at radius 2 is 1.87 bits per heavy atom. The highest BCUT2D eigenvalue weighted by Gasteiger charge is 2.13. The van der Waals surface area contributed by atoms with Gasteiger partial charge in [-0.1, -0.05) is 17.7 Å². The van der Waals surface area contributed by atoms with Crippen molar-refractivity contribution in [1.29, 1.82) is 0 Å². The van der Waals surface area contributed by atoms with Crippen LogP contribution in [0, 0.1) is 6.92 Å². The van der Waals surface area contributed by atoms with Gasteiger partial charge < -0.3 is 15.0 Å². The third-order valence-corrected chi connectivity index (χ3v) is 5.30. The van der Waals surface area contributed by atoms with E-state index >= 15 is 0 Å². The van der Waals surface area contributed by atoms with Crippen LogP contribution >= 0.6 is 0 Å². The fourth-order valence-corrected chi connectivity index (χ4v) is 3.71. The van der Waals surface area contributed by atoms with Gasteiger partial charge in [0.15, 0.2) is 5.88 Å². The minimum Gasteiger partial charge on any atom is -0.494 e. The number of nitrogens with zero attached hydrogens (tertiary/aromatic N) is 4. The summed E-state index contributed by atoms with van der Waals surface area (Å²) < 4.78 is 0. The van der Waals surface area contributed by atoms with Gasteiger partial charge in [-0.3, -0.25) is 0 Å². The lowest BCUT2D eigenvalue weighted by molar-refractivity contribution is 0.457. The molecule has 0 aliphatic carbocycles. The molecular weight excluding hydrogens is 374 g/mol. The van der Waals surface area contributed by atoms with Gasteiger partial charge in [-0.2, -0.15) is 0 Å². The van der Waals surface area contributed by atoms with Gasteiger partial charge >= 0.3 is 0 Å². The van der Waals surface area contributed by atoms with Crippen molar-refractivity contribution >= 4 is 34.2 Å². The zero-order valence-electron chi connectivity index (χ0n) is 17.0. The molecule has 0 bridgehead atoms. The van der Waals surface area contributed by atoms with Crippen LogP contribution in [-0.2, 0) is 0 Å². The molecule has 148 valence electrons. The fourth-order valence-electron chi connectivity index (χ4n) is 3.71. The number of anilines is 1. The van der Waals surface area contributed by atoms with Crippen LogP contribution in [0.15, 0.2) is 65.0 Å². The summed E-state index contributed by atoms with van der Waals surface area (Å²) in [4.78, 5) is 9.47. The van der Waals surface area contributed by atoms with Crippen molar-refractivity contribution in [2.45, 2.75) is 6.92 Å². The number of fused-ring (bicyclic) bond motifs is 2. The Balaban J connectivity index is 1.60. The summed E-state index contributed by atoms with van der Waals surface area (Å²) in [6.07, 6.45) is 3.79. The Kier molecular flexibility index (Phi) is 4.13. The quantitative estimate of drug-likeness (QED) is 0.555. The molecule has 1 aliphatic rings. The topological polar surface area (TPSA) is 76.9 Å². The molecule has 0 atom stereocenters. The summed E-state index contributed by atoms with van der Waals surface area (Å²) >= 11 is 0. The predicted molar refractivity (Wildman–Crippen MR) is 120 cm³/mol. The summed E-state index contributed by atoms with van der Waals surface area (Å²) in [7, 11) is 3.93. The Bertz CT molecular complexity index is 1430. The van der Waals surface area contributed by atoms with Crippen LogP contribution in [-0.4, -0.2) is 29.2 Å². The SMILES string of the molecule is Cc1ccc2[nH]c(O)c(C=c3ccc4c(c3)N=NC=4c3ccc(N(C)C)nc3)c2c1. The third kappa shape index (κ3) is 3.03. The van der Waals surface area contributed by atoms with Crippen LogP contribution < -0.4 is 15.3 Å². The first kappa shape index (κ1) is 18.1. The smallest absolute Gasteiger partial charge is 0.196 e. The largest absolute Gasteiger partial charge is 0.494 e. The van der Waals surface area contributed by atoms with Gasteiger partial charge in [0.1, 0.15) is 11.5 Å². The van der Waals surface area contributed by atoms with Crippen LogP contribution in [0.25, 0.3) is 22.7 Å². The van der Waals surface area contributed by atoms with Crippen molar-refractivity contribution in [3.63, 3.8) is 0 Å².